The molecule has 11 heavy (non-hydrogen) atoms. The largest absolute Gasteiger partial charge is 0.385 e. The molecule has 0 aliphatic carbocycles. The highest BCUT2D eigenvalue weighted by Gasteiger charge is 1.91. The molecule has 1 nitrogen and oxygen atoms in total. The molecule has 1 N–H and O–H groups in total. The van der Waals surface area contributed by atoms with Crippen LogP contribution in [0.25, 0.3) is 0 Å². The predicted octanol–water partition coefficient (Wildman–Crippen LogP) is 2.71. The van der Waals surface area contributed by atoms with Gasteiger partial charge in [-0.1, -0.05) is 33.4 Å². The van der Waals surface area contributed by atoms with Crippen molar-refractivity contribution < 1.29 is 0 Å². The van der Waals surface area contributed by atoms with Crippen LogP contribution in [0.2, 0.25) is 0 Å². The van der Waals surface area contributed by atoms with Gasteiger partial charge in [-0.3, -0.25) is 0 Å². The molecule has 0 heterocycles. The van der Waals surface area contributed by atoms with Crippen molar-refractivity contribution in [2.45, 2.75) is 27.2 Å². The summed E-state index contributed by atoms with van der Waals surface area (Å²) >= 11 is 0. The summed E-state index contributed by atoms with van der Waals surface area (Å²) in [4.78, 5) is 0. The summed E-state index contributed by atoms with van der Waals surface area (Å²) in [6.45, 7) is 11.4. The molecule has 0 aliphatic rings. The van der Waals surface area contributed by atoms with E-state index in [9.17, 15) is 0 Å². The minimum absolute atomic E-state index is 0.682. The average molecular weight is 153 g/mol. The van der Waals surface area contributed by atoms with Gasteiger partial charge >= 0.3 is 0 Å². The number of allylic oxidation sites excluding steroid dienone is 2. The van der Waals surface area contributed by atoms with Crippen LogP contribution in [0, 0.1) is 5.92 Å². The Bertz CT molecular complexity index is 134. The molecule has 0 atom stereocenters. The van der Waals surface area contributed by atoms with Crippen molar-refractivity contribution in [1.29, 1.82) is 0 Å². The molecule has 0 bridgehead atoms. The van der Waals surface area contributed by atoms with Crippen LogP contribution in [-0.4, -0.2) is 6.54 Å². The molecular weight excluding hydrogens is 134 g/mol. The average Bonchev–Trinajstić information content (AvgIpc) is 1.97. The van der Waals surface area contributed by atoms with E-state index in [0.717, 1.165) is 18.7 Å². The first-order valence-corrected chi connectivity index (χ1v) is 4.26. The molecule has 0 saturated heterocycles. The van der Waals surface area contributed by atoms with Gasteiger partial charge in [0.1, 0.15) is 0 Å². The molecule has 0 fully saturated rings. The van der Waals surface area contributed by atoms with Gasteiger partial charge < -0.3 is 5.32 Å². The zero-order valence-electron chi connectivity index (χ0n) is 7.85. The van der Waals surface area contributed by atoms with Gasteiger partial charge in [0.05, 0.1) is 0 Å². The van der Waals surface area contributed by atoms with Crippen molar-refractivity contribution in [3.63, 3.8) is 0 Å². The van der Waals surface area contributed by atoms with Crippen LogP contribution in [0.3, 0.4) is 0 Å². The van der Waals surface area contributed by atoms with Crippen LogP contribution in [0.15, 0.2) is 24.4 Å². The summed E-state index contributed by atoms with van der Waals surface area (Å²) in [6, 6.07) is 0. The van der Waals surface area contributed by atoms with Crippen molar-refractivity contribution in [3.8, 4) is 0 Å². The van der Waals surface area contributed by atoms with E-state index in [4.69, 9.17) is 0 Å². The van der Waals surface area contributed by atoms with Gasteiger partial charge in [-0.05, 0) is 18.4 Å². The highest BCUT2D eigenvalue weighted by atomic mass is 14.9. The first kappa shape index (κ1) is 10.3. The Labute approximate surface area is 70.2 Å². The Morgan fingerprint density at radius 1 is 1.55 bits per heavy atom. The van der Waals surface area contributed by atoms with E-state index in [-0.39, 0.29) is 0 Å². The SMILES string of the molecule is C=C(/C=C\CC)NCC(C)C. The quantitative estimate of drug-likeness (QED) is 0.599. The Hall–Kier alpha value is -0.720. The van der Waals surface area contributed by atoms with E-state index in [1.54, 1.807) is 0 Å². The zero-order chi connectivity index (χ0) is 8.69. The maximum atomic E-state index is 3.87. The minimum Gasteiger partial charge on any atom is -0.385 e. The predicted molar refractivity (Wildman–Crippen MR) is 51.4 cm³/mol. The van der Waals surface area contributed by atoms with E-state index in [1.165, 1.54) is 0 Å². The Morgan fingerprint density at radius 3 is 2.64 bits per heavy atom. The third kappa shape index (κ3) is 7.17. The monoisotopic (exact) mass is 153 g/mol. The van der Waals surface area contributed by atoms with Crippen molar-refractivity contribution in [1.82, 2.24) is 5.32 Å². The first-order chi connectivity index (χ1) is 5.16. The summed E-state index contributed by atoms with van der Waals surface area (Å²) < 4.78 is 0. The second-order valence-corrected chi connectivity index (χ2v) is 3.11. The maximum Gasteiger partial charge on any atom is 0.0263 e. The van der Waals surface area contributed by atoms with Gasteiger partial charge in [0.25, 0.3) is 0 Å². The van der Waals surface area contributed by atoms with Gasteiger partial charge in [-0.2, -0.15) is 0 Å². The minimum atomic E-state index is 0.682. The lowest BCUT2D eigenvalue weighted by molar-refractivity contribution is 0.602. The van der Waals surface area contributed by atoms with E-state index in [2.05, 4.69) is 38.7 Å². The molecule has 0 aromatic rings. The number of nitrogens with one attached hydrogen (secondary N) is 1. The molecule has 0 aromatic carbocycles. The molecule has 1 heteroatoms. The second-order valence-electron chi connectivity index (χ2n) is 3.11. The normalized spacial score (nSPS) is 10.9. The molecule has 0 aliphatic heterocycles. The fraction of sp³-hybridized carbons (Fsp3) is 0.600. The topological polar surface area (TPSA) is 12.0 Å². The van der Waals surface area contributed by atoms with E-state index >= 15 is 0 Å². The number of rotatable bonds is 5. The number of hydrogen-bond acceptors (Lipinski definition) is 1. The zero-order valence-corrected chi connectivity index (χ0v) is 7.85. The van der Waals surface area contributed by atoms with E-state index in [1.807, 2.05) is 6.08 Å². The summed E-state index contributed by atoms with van der Waals surface area (Å²) in [6.07, 6.45) is 5.21. The van der Waals surface area contributed by atoms with Crippen molar-refractivity contribution in [2.24, 2.45) is 5.92 Å². The smallest absolute Gasteiger partial charge is 0.0263 e. The van der Waals surface area contributed by atoms with Crippen LogP contribution < -0.4 is 5.32 Å². The molecule has 0 spiro atoms. The van der Waals surface area contributed by atoms with Crippen LogP contribution in [0.5, 0.6) is 0 Å². The molecule has 0 radical (unpaired) electrons. The third-order valence-electron chi connectivity index (χ3n) is 1.29. The van der Waals surface area contributed by atoms with Gasteiger partial charge in [0, 0.05) is 12.2 Å². The summed E-state index contributed by atoms with van der Waals surface area (Å²) in [5.74, 6) is 0.682. The van der Waals surface area contributed by atoms with Crippen molar-refractivity contribution in [3.05, 3.63) is 24.4 Å². The van der Waals surface area contributed by atoms with Crippen LogP contribution in [0.1, 0.15) is 27.2 Å². The van der Waals surface area contributed by atoms with Gasteiger partial charge in [-0.25, -0.2) is 0 Å². The van der Waals surface area contributed by atoms with E-state index < -0.39 is 0 Å². The Morgan fingerprint density at radius 2 is 2.18 bits per heavy atom. The van der Waals surface area contributed by atoms with Crippen molar-refractivity contribution in [2.75, 3.05) is 6.54 Å². The van der Waals surface area contributed by atoms with Crippen LogP contribution >= 0.6 is 0 Å². The summed E-state index contributed by atoms with van der Waals surface area (Å²) in [5.41, 5.74) is 1.01. The molecule has 0 amide bonds. The van der Waals surface area contributed by atoms with Gasteiger partial charge in [-0.15, -0.1) is 0 Å². The lowest BCUT2D eigenvalue weighted by atomic mass is 10.2. The van der Waals surface area contributed by atoms with Gasteiger partial charge in [0.15, 0.2) is 0 Å². The first-order valence-electron chi connectivity index (χ1n) is 4.26. The molecule has 0 aromatic heterocycles. The van der Waals surface area contributed by atoms with Crippen LogP contribution in [0.4, 0.5) is 0 Å². The number of hydrogen-bond donors (Lipinski definition) is 1. The molecule has 64 valence electrons. The summed E-state index contributed by atoms with van der Waals surface area (Å²) in [5, 5.41) is 3.24. The fourth-order valence-corrected chi connectivity index (χ4v) is 0.654. The highest BCUT2D eigenvalue weighted by molar-refractivity contribution is 5.11. The lowest BCUT2D eigenvalue weighted by Gasteiger charge is -2.07. The Balaban J connectivity index is 3.45. The fourth-order valence-electron chi connectivity index (χ4n) is 0.654. The maximum absolute atomic E-state index is 3.87. The molecular formula is C10H19N. The third-order valence-corrected chi connectivity index (χ3v) is 1.29. The Kier molecular flexibility index (Phi) is 5.63. The molecule has 0 saturated carbocycles. The van der Waals surface area contributed by atoms with Crippen LogP contribution in [-0.2, 0) is 0 Å². The molecule has 0 rings (SSSR count). The highest BCUT2D eigenvalue weighted by Crippen LogP contribution is 1.93. The second kappa shape index (κ2) is 6.02. The summed E-state index contributed by atoms with van der Waals surface area (Å²) in [7, 11) is 0. The standard InChI is InChI=1S/C10H19N/c1-5-6-7-10(4)11-8-9(2)3/h6-7,9,11H,4-5,8H2,1-3H3/b7-6-. The lowest BCUT2D eigenvalue weighted by Crippen LogP contribution is -2.17. The van der Waals surface area contributed by atoms with Gasteiger partial charge in [0.2, 0.25) is 0 Å². The van der Waals surface area contributed by atoms with E-state index in [0.29, 0.717) is 5.92 Å². The van der Waals surface area contributed by atoms with Crippen molar-refractivity contribution >= 4 is 0 Å². The molecule has 0 unspecified atom stereocenters.